The Morgan fingerprint density at radius 2 is 2.08 bits per heavy atom. The minimum absolute atomic E-state index is 0. The Balaban J connectivity index is 0.00000196. The normalized spacial score (nSPS) is 13.3. The fraction of sp³-hybridized carbons (Fsp3) is 0.250. The average molecular weight is 392 g/mol. The minimum atomic E-state index is -0.377. The number of H-pyrrole nitrogens is 2. The number of rotatable bonds is 3. The number of halogens is 1. The van der Waals surface area contributed by atoms with Crippen molar-refractivity contribution in [2.75, 3.05) is 22.9 Å². The lowest BCUT2D eigenvalue weighted by atomic mass is 10.0. The van der Waals surface area contributed by atoms with Gasteiger partial charge in [0.2, 0.25) is 11.9 Å². The number of imidazole rings is 1. The summed E-state index contributed by atoms with van der Waals surface area (Å²) < 4.78 is 0. The third kappa shape index (κ3) is 3.40. The number of nitrogens with zero attached hydrogens (tertiary/aromatic N) is 3. The summed E-state index contributed by atoms with van der Waals surface area (Å²) in [6, 6.07) is 7.97. The molecule has 136 valence electrons. The van der Waals surface area contributed by atoms with Gasteiger partial charge >= 0.3 is 0 Å². The number of thioether (sulfide) groups is 1. The molecule has 0 atom stereocenters. The Morgan fingerprint density at radius 1 is 1.27 bits per heavy atom. The standard InChI is InChI=1S/C16H16N6O2S.ClH/c17-15-19-13-12(14(24)21-15)18-16(20-13)25-8-11(23)22-7-3-5-9-4-1-2-6-10(9)22;/h1-2,4,6H,3,5,7-8H2,(H4,17,18,19,20,21,24);1H/p-1. The zero-order chi connectivity index (χ0) is 17.4. The smallest absolute Gasteiger partial charge is 0.278 e. The lowest BCUT2D eigenvalue weighted by molar-refractivity contribution is -0.116. The molecule has 1 amide bonds. The maximum Gasteiger partial charge on any atom is 0.278 e. The number of hydrogen-bond donors (Lipinski definition) is 3. The van der Waals surface area contributed by atoms with Crippen LogP contribution in [0.3, 0.4) is 0 Å². The molecule has 0 fully saturated rings. The van der Waals surface area contributed by atoms with Crippen LogP contribution in [0, 0.1) is 0 Å². The zero-order valence-corrected chi connectivity index (χ0v) is 15.2. The van der Waals surface area contributed by atoms with E-state index >= 15 is 0 Å². The molecule has 26 heavy (non-hydrogen) atoms. The highest BCUT2D eigenvalue weighted by Crippen LogP contribution is 2.28. The molecule has 0 saturated heterocycles. The van der Waals surface area contributed by atoms with Gasteiger partial charge in [-0.2, -0.15) is 4.98 Å². The summed E-state index contributed by atoms with van der Waals surface area (Å²) in [5.41, 5.74) is 7.82. The van der Waals surface area contributed by atoms with Gasteiger partial charge in [0.05, 0.1) is 5.75 Å². The topological polar surface area (TPSA) is 121 Å². The van der Waals surface area contributed by atoms with Crippen molar-refractivity contribution in [1.82, 2.24) is 19.9 Å². The number of amides is 1. The predicted octanol–water partition coefficient (Wildman–Crippen LogP) is -1.70. The molecule has 1 aromatic carbocycles. The molecular formula is C16H16ClN6O2S-. The average Bonchev–Trinajstić information content (AvgIpc) is 3.02. The molecular weight excluding hydrogens is 376 g/mol. The summed E-state index contributed by atoms with van der Waals surface area (Å²) in [4.78, 5) is 39.7. The monoisotopic (exact) mass is 391 g/mol. The number of aryl methyl sites for hydroxylation is 1. The van der Waals surface area contributed by atoms with Crippen LogP contribution in [-0.4, -0.2) is 38.1 Å². The Hall–Kier alpha value is -2.52. The first-order chi connectivity index (χ1) is 12.1. The number of carbonyl (C=O) groups excluding carboxylic acids is 1. The lowest BCUT2D eigenvalue weighted by Crippen LogP contribution is -3.00. The van der Waals surface area contributed by atoms with Gasteiger partial charge in [0.1, 0.15) is 0 Å². The van der Waals surface area contributed by atoms with Gasteiger partial charge in [-0.1, -0.05) is 30.0 Å². The fourth-order valence-corrected chi connectivity index (χ4v) is 3.71. The zero-order valence-electron chi connectivity index (χ0n) is 13.7. The summed E-state index contributed by atoms with van der Waals surface area (Å²) in [5.74, 6) is 0.252. The van der Waals surface area contributed by atoms with E-state index in [4.69, 9.17) is 5.73 Å². The van der Waals surface area contributed by atoms with Crippen molar-refractivity contribution in [3.8, 4) is 0 Å². The van der Waals surface area contributed by atoms with Gasteiger partial charge in [-0.15, -0.1) is 0 Å². The molecule has 1 aliphatic heterocycles. The summed E-state index contributed by atoms with van der Waals surface area (Å²) in [5, 5.41) is 0.470. The number of nitrogens with one attached hydrogen (secondary N) is 2. The van der Waals surface area contributed by atoms with Crippen LogP contribution in [-0.2, 0) is 11.2 Å². The molecule has 8 nitrogen and oxygen atoms in total. The number of para-hydroxylation sites is 1. The van der Waals surface area contributed by atoms with Crippen LogP contribution in [0.25, 0.3) is 11.2 Å². The Morgan fingerprint density at radius 3 is 2.92 bits per heavy atom. The van der Waals surface area contributed by atoms with E-state index < -0.39 is 0 Å². The Labute approximate surface area is 159 Å². The molecule has 0 aliphatic carbocycles. The van der Waals surface area contributed by atoms with E-state index in [-0.39, 0.29) is 46.7 Å². The Kier molecular flexibility index (Phi) is 5.19. The highest BCUT2D eigenvalue weighted by Gasteiger charge is 2.22. The molecule has 3 heterocycles. The highest BCUT2D eigenvalue weighted by molar-refractivity contribution is 7.99. The first-order valence-corrected chi connectivity index (χ1v) is 8.87. The maximum absolute atomic E-state index is 12.6. The van der Waals surface area contributed by atoms with Gasteiger partial charge in [0.25, 0.3) is 5.56 Å². The van der Waals surface area contributed by atoms with E-state index in [0.717, 1.165) is 18.5 Å². The van der Waals surface area contributed by atoms with Crippen LogP contribution in [0.15, 0.2) is 34.2 Å². The van der Waals surface area contributed by atoms with Crippen LogP contribution >= 0.6 is 11.8 Å². The predicted molar refractivity (Wildman–Crippen MR) is 96.8 cm³/mol. The SMILES string of the molecule is Nc1nc2nc(SCC(=O)N3CCCc4ccccc43)[nH]c2c(=O)[nH]1.[Cl-]. The Bertz CT molecular complexity index is 1020. The van der Waals surface area contributed by atoms with E-state index in [1.54, 1.807) is 0 Å². The van der Waals surface area contributed by atoms with E-state index in [9.17, 15) is 9.59 Å². The van der Waals surface area contributed by atoms with Crippen molar-refractivity contribution in [1.29, 1.82) is 0 Å². The van der Waals surface area contributed by atoms with Crippen molar-refractivity contribution in [2.24, 2.45) is 0 Å². The number of fused-ring (bicyclic) bond motifs is 2. The molecule has 4 rings (SSSR count). The van der Waals surface area contributed by atoms with E-state index in [1.807, 2.05) is 23.1 Å². The van der Waals surface area contributed by atoms with Gasteiger partial charge in [0.15, 0.2) is 16.3 Å². The van der Waals surface area contributed by atoms with Crippen LogP contribution < -0.4 is 28.6 Å². The van der Waals surface area contributed by atoms with Crippen molar-refractivity contribution in [3.63, 3.8) is 0 Å². The number of benzene rings is 1. The lowest BCUT2D eigenvalue weighted by Gasteiger charge is -2.29. The maximum atomic E-state index is 12.6. The molecule has 2 aromatic heterocycles. The summed E-state index contributed by atoms with van der Waals surface area (Å²) in [7, 11) is 0. The third-order valence-corrected chi connectivity index (χ3v) is 4.96. The van der Waals surface area contributed by atoms with Gasteiger partial charge in [0, 0.05) is 12.2 Å². The number of nitrogens with two attached hydrogens (primary N) is 1. The first-order valence-electron chi connectivity index (χ1n) is 7.88. The third-order valence-electron chi connectivity index (χ3n) is 4.10. The molecule has 3 aromatic rings. The molecule has 0 saturated carbocycles. The van der Waals surface area contributed by atoms with E-state index in [2.05, 4.69) is 26.0 Å². The molecule has 4 N–H and O–H groups in total. The number of carbonyl (C=O) groups is 1. The van der Waals surface area contributed by atoms with E-state index in [1.165, 1.54) is 17.3 Å². The van der Waals surface area contributed by atoms with Crippen LogP contribution in [0.2, 0.25) is 0 Å². The first kappa shape index (κ1) is 18.3. The van der Waals surface area contributed by atoms with Crippen LogP contribution in [0.5, 0.6) is 0 Å². The van der Waals surface area contributed by atoms with Crippen LogP contribution in [0.1, 0.15) is 12.0 Å². The van der Waals surface area contributed by atoms with Crippen LogP contribution in [0.4, 0.5) is 11.6 Å². The second kappa shape index (κ2) is 7.38. The summed E-state index contributed by atoms with van der Waals surface area (Å²) in [6.07, 6.45) is 1.95. The number of aromatic amines is 2. The number of nitrogen functional groups attached to an aromatic ring is 1. The fourth-order valence-electron chi connectivity index (χ4n) is 2.97. The summed E-state index contributed by atoms with van der Waals surface area (Å²) >= 11 is 1.25. The molecule has 0 bridgehead atoms. The van der Waals surface area contributed by atoms with Crippen molar-refractivity contribution in [2.45, 2.75) is 18.0 Å². The molecule has 10 heteroatoms. The van der Waals surface area contributed by atoms with Crippen molar-refractivity contribution in [3.05, 3.63) is 40.2 Å². The summed E-state index contributed by atoms with van der Waals surface area (Å²) in [6.45, 7) is 0.717. The number of anilines is 2. The molecule has 0 spiro atoms. The van der Waals surface area contributed by atoms with Gasteiger partial charge in [-0.3, -0.25) is 14.6 Å². The van der Waals surface area contributed by atoms with Gasteiger partial charge < -0.3 is 28.0 Å². The molecule has 0 radical (unpaired) electrons. The van der Waals surface area contributed by atoms with Crippen molar-refractivity contribution < 1.29 is 17.2 Å². The van der Waals surface area contributed by atoms with Crippen molar-refractivity contribution >= 4 is 40.5 Å². The second-order valence-corrected chi connectivity index (χ2v) is 6.72. The van der Waals surface area contributed by atoms with Gasteiger partial charge in [-0.25, -0.2) is 4.98 Å². The number of hydrogen-bond acceptors (Lipinski definition) is 6. The molecule has 0 unspecified atom stereocenters. The van der Waals surface area contributed by atoms with E-state index in [0.29, 0.717) is 11.7 Å². The van der Waals surface area contributed by atoms with Gasteiger partial charge in [-0.05, 0) is 24.5 Å². The molecule has 1 aliphatic rings. The largest absolute Gasteiger partial charge is 1.00 e. The second-order valence-electron chi connectivity index (χ2n) is 5.76. The quantitative estimate of drug-likeness (QED) is 0.458. The highest BCUT2D eigenvalue weighted by atomic mass is 35.5. The number of aromatic nitrogens is 4. The minimum Gasteiger partial charge on any atom is -1.00 e.